The molecule has 1 unspecified atom stereocenters. The van der Waals surface area contributed by atoms with Gasteiger partial charge >= 0.3 is 0 Å². The number of rotatable bonds is 5. The maximum atomic E-state index is 12.5. The number of carbonyl (C=O) groups excluding carboxylic acids is 1. The molecule has 3 N–H and O–H groups in total. The number of ether oxygens (including phenoxy) is 1. The van der Waals surface area contributed by atoms with E-state index < -0.39 is 11.2 Å². The minimum absolute atomic E-state index is 0.0915. The number of hydrogen-bond donors (Lipinski definition) is 2. The number of nitrogens with two attached hydrogens (primary N) is 1. The fourth-order valence-corrected chi connectivity index (χ4v) is 2.83. The van der Waals surface area contributed by atoms with Gasteiger partial charge in [-0.3, -0.25) is 4.79 Å². The van der Waals surface area contributed by atoms with Gasteiger partial charge in [-0.25, -0.2) is 0 Å². The molecule has 1 atom stereocenters. The van der Waals surface area contributed by atoms with E-state index >= 15 is 0 Å². The van der Waals surface area contributed by atoms with Crippen molar-refractivity contribution in [2.75, 3.05) is 19.0 Å². The number of anilines is 1. The average molecular weight is 304 g/mol. The van der Waals surface area contributed by atoms with Gasteiger partial charge in [0.1, 0.15) is 5.75 Å². The van der Waals surface area contributed by atoms with Crippen LogP contribution in [0.1, 0.15) is 0 Å². The van der Waals surface area contributed by atoms with Gasteiger partial charge in [-0.15, -0.1) is 0 Å². The molecule has 21 heavy (non-hydrogen) atoms. The number of nitrogens with one attached hydrogen (secondary N) is 1. The number of benzene rings is 2. The third kappa shape index (κ3) is 3.98. The highest BCUT2D eigenvalue weighted by Crippen LogP contribution is 2.24. The molecule has 0 aliphatic heterocycles. The number of carbonyl (C=O) groups is 1. The maximum absolute atomic E-state index is 12.5. The summed E-state index contributed by atoms with van der Waals surface area (Å²) in [7, 11) is 1.58. The lowest BCUT2D eigenvalue weighted by atomic mass is 10.3. The summed E-state index contributed by atoms with van der Waals surface area (Å²) in [5.41, 5.74) is 5.83. The zero-order valence-electron chi connectivity index (χ0n) is 11.5. The Labute approximate surface area is 126 Å². The van der Waals surface area contributed by atoms with E-state index in [1.165, 1.54) is 0 Å². The minimum Gasteiger partial charge on any atom is -0.606 e. The molecule has 110 valence electrons. The lowest BCUT2D eigenvalue weighted by molar-refractivity contribution is -0.114. The maximum Gasteiger partial charge on any atom is 0.238 e. The van der Waals surface area contributed by atoms with E-state index in [1.807, 2.05) is 0 Å². The Morgan fingerprint density at radius 1 is 1.24 bits per heavy atom. The highest BCUT2D eigenvalue weighted by molar-refractivity contribution is 7.91. The van der Waals surface area contributed by atoms with E-state index in [4.69, 9.17) is 10.5 Å². The summed E-state index contributed by atoms with van der Waals surface area (Å²) in [4.78, 5) is 12.5. The highest BCUT2D eigenvalue weighted by Gasteiger charge is 2.15. The molecule has 0 aliphatic carbocycles. The van der Waals surface area contributed by atoms with Crippen molar-refractivity contribution >= 4 is 22.8 Å². The second-order valence-corrected chi connectivity index (χ2v) is 5.70. The van der Waals surface area contributed by atoms with Crippen molar-refractivity contribution in [2.45, 2.75) is 9.79 Å². The van der Waals surface area contributed by atoms with Crippen LogP contribution in [0.2, 0.25) is 0 Å². The molecule has 0 heterocycles. The zero-order valence-corrected chi connectivity index (χ0v) is 12.4. The molecule has 0 radical (unpaired) electrons. The Morgan fingerprint density at radius 2 is 1.95 bits per heavy atom. The molecule has 0 spiro atoms. The van der Waals surface area contributed by atoms with Crippen LogP contribution in [0, 0.1) is 0 Å². The first-order chi connectivity index (χ1) is 10.1. The van der Waals surface area contributed by atoms with E-state index in [2.05, 4.69) is 5.32 Å². The topological polar surface area (TPSA) is 87.4 Å². The van der Waals surface area contributed by atoms with E-state index in [0.717, 1.165) is 0 Å². The van der Waals surface area contributed by atoms with Crippen molar-refractivity contribution in [3.63, 3.8) is 0 Å². The summed E-state index contributed by atoms with van der Waals surface area (Å²) in [6, 6.07) is 13.9. The van der Waals surface area contributed by atoms with Gasteiger partial charge in [-0.05, 0) is 36.4 Å². The van der Waals surface area contributed by atoms with Crippen LogP contribution in [-0.2, 0) is 16.0 Å². The predicted octanol–water partition coefficient (Wildman–Crippen LogP) is 1.76. The SMILES string of the molecule is COc1ccc([S+]([O-])c2cccc(NC(=O)CN)c2)cc1. The van der Waals surface area contributed by atoms with Crippen LogP contribution in [-0.4, -0.2) is 24.1 Å². The Hall–Kier alpha value is -2.02. The van der Waals surface area contributed by atoms with Crippen molar-refractivity contribution < 1.29 is 14.1 Å². The molecule has 2 aromatic rings. The molecule has 5 nitrogen and oxygen atoms in total. The van der Waals surface area contributed by atoms with Crippen molar-refractivity contribution in [2.24, 2.45) is 5.73 Å². The van der Waals surface area contributed by atoms with Crippen LogP contribution in [0.3, 0.4) is 0 Å². The van der Waals surface area contributed by atoms with E-state index in [9.17, 15) is 9.35 Å². The predicted molar refractivity (Wildman–Crippen MR) is 81.8 cm³/mol. The van der Waals surface area contributed by atoms with Gasteiger partial charge in [-0.1, -0.05) is 6.07 Å². The summed E-state index contributed by atoms with van der Waals surface area (Å²) in [6.45, 7) is -0.0915. The van der Waals surface area contributed by atoms with Crippen LogP contribution >= 0.6 is 0 Å². The van der Waals surface area contributed by atoms with Crippen LogP contribution in [0.5, 0.6) is 5.75 Å². The molecule has 0 saturated heterocycles. The molecular formula is C15H16N2O3S. The molecule has 2 rings (SSSR count). The molecule has 0 saturated carbocycles. The average Bonchev–Trinajstić information content (AvgIpc) is 2.54. The molecule has 6 heteroatoms. The quantitative estimate of drug-likeness (QED) is 0.824. The van der Waals surface area contributed by atoms with Gasteiger partial charge in [-0.2, -0.15) is 0 Å². The van der Waals surface area contributed by atoms with Crippen LogP contribution in [0.15, 0.2) is 58.3 Å². The minimum atomic E-state index is -1.32. The van der Waals surface area contributed by atoms with Crippen molar-refractivity contribution in [3.05, 3.63) is 48.5 Å². The smallest absolute Gasteiger partial charge is 0.238 e. The first-order valence-electron chi connectivity index (χ1n) is 6.30. The van der Waals surface area contributed by atoms with Crippen molar-refractivity contribution in [1.29, 1.82) is 0 Å². The Bertz CT molecular complexity index is 617. The number of amides is 1. The van der Waals surface area contributed by atoms with E-state index in [-0.39, 0.29) is 12.5 Å². The van der Waals surface area contributed by atoms with Gasteiger partial charge in [0, 0.05) is 22.9 Å². The second-order valence-electron chi connectivity index (χ2n) is 4.22. The third-order valence-corrected chi connectivity index (χ3v) is 4.17. The van der Waals surface area contributed by atoms with Crippen LogP contribution < -0.4 is 15.8 Å². The molecule has 0 fully saturated rings. The Morgan fingerprint density at radius 3 is 2.57 bits per heavy atom. The lowest BCUT2D eigenvalue weighted by Crippen LogP contribution is -2.21. The molecule has 2 aromatic carbocycles. The number of methoxy groups -OCH3 is 1. The van der Waals surface area contributed by atoms with Gasteiger partial charge in [0.25, 0.3) is 0 Å². The van der Waals surface area contributed by atoms with Gasteiger partial charge in [0.05, 0.1) is 13.7 Å². The summed E-state index contributed by atoms with van der Waals surface area (Å²) in [5, 5.41) is 2.64. The lowest BCUT2D eigenvalue weighted by Gasteiger charge is -2.11. The van der Waals surface area contributed by atoms with Crippen LogP contribution in [0.4, 0.5) is 5.69 Å². The van der Waals surface area contributed by atoms with Gasteiger partial charge in [0.2, 0.25) is 5.91 Å². The summed E-state index contributed by atoms with van der Waals surface area (Å²) >= 11 is -1.32. The third-order valence-electron chi connectivity index (χ3n) is 2.79. The fraction of sp³-hybridized carbons (Fsp3) is 0.133. The first kappa shape index (κ1) is 15.4. The van der Waals surface area contributed by atoms with E-state index in [1.54, 1.807) is 55.6 Å². The normalized spacial score (nSPS) is 11.8. The fourth-order valence-electron chi connectivity index (χ4n) is 1.74. The Kier molecular flexibility index (Phi) is 5.21. The highest BCUT2D eigenvalue weighted by atomic mass is 32.2. The molecule has 0 aliphatic rings. The number of hydrogen-bond acceptors (Lipinski definition) is 4. The summed E-state index contributed by atoms with van der Waals surface area (Å²) in [5.74, 6) is 0.419. The molecule has 0 bridgehead atoms. The Balaban J connectivity index is 2.19. The molecule has 0 aromatic heterocycles. The standard InChI is InChI=1S/C15H16N2O3S/c1-20-12-5-7-13(8-6-12)21(19)14-4-2-3-11(9-14)17-15(18)10-16/h2-9H,10,16H2,1H3,(H,17,18). The van der Waals surface area contributed by atoms with Crippen molar-refractivity contribution in [3.8, 4) is 5.75 Å². The monoisotopic (exact) mass is 304 g/mol. The summed E-state index contributed by atoms with van der Waals surface area (Å²) in [6.07, 6.45) is 0. The van der Waals surface area contributed by atoms with Crippen molar-refractivity contribution in [1.82, 2.24) is 0 Å². The zero-order chi connectivity index (χ0) is 15.2. The van der Waals surface area contributed by atoms with Gasteiger partial charge < -0.3 is 20.3 Å². The largest absolute Gasteiger partial charge is 0.606 e. The first-order valence-corrected chi connectivity index (χ1v) is 7.45. The van der Waals surface area contributed by atoms with Gasteiger partial charge in [0.15, 0.2) is 9.79 Å². The van der Waals surface area contributed by atoms with E-state index in [0.29, 0.717) is 21.2 Å². The summed E-state index contributed by atoms with van der Waals surface area (Å²) < 4.78 is 17.6. The van der Waals surface area contributed by atoms with Crippen LogP contribution in [0.25, 0.3) is 0 Å². The molecule has 1 amide bonds. The molecular weight excluding hydrogens is 288 g/mol. The second kappa shape index (κ2) is 7.12.